The van der Waals surface area contributed by atoms with E-state index in [9.17, 15) is 14.9 Å². The summed E-state index contributed by atoms with van der Waals surface area (Å²) < 4.78 is 0. The summed E-state index contributed by atoms with van der Waals surface area (Å²) in [5, 5.41) is 16.8. The number of non-ortho nitro benzene ring substituents is 1. The number of nitrogens with zero attached hydrogens (tertiary/aromatic N) is 1. The molecule has 0 saturated heterocycles. The maximum atomic E-state index is 13.0. The molecule has 5 heteroatoms. The number of fused-ring (bicyclic) bond motifs is 4. The maximum Gasteiger partial charge on any atom is 0.269 e. The fourth-order valence-corrected chi connectivity index (χ4v) is 4.43. The second kappa shape index (κ2) is 6.30. The summed E-state index contributed by atoms with van der Waals surface area (Å²) in [6, 6.07) is 18.7. The minimum Gasteiger partial charge on any atom is -0.374 e. The van der Waals surface area contributed by atoms with Crippen LogP contribution in [0.15, 0.2) is 66.2 Å². The number of ketones is 1. The minimum absolute atomic E-state index is 0.0693. The van der Waals surface area contributed by atoms with Crippen LogP contribution in [0.4, 0.5) is 11.4 Å². The number of Topliss-reactive ketones (excluding diaryl/α,β-unsaturated/α-hetero) is 1. The number of allylic oxidation sites excluding steroid dienone is 1. The van der Waals surface area contributed by atoms with Gasteiger partial charge in [0.1, 0.15) is 0 Å². The van der Waals surface area contributed by atoms with Crippen LogP contribution in [0.5, 0.6) is 0 Å². The van der Waals surface area contributed by atoms with Crippen molar-refractivity contribution in [2.24, 2.45) is 0 Å². The molecule has 2 aliphatic rings. The largest absolute Gasteiger partial charge is 0.374 e. The standard InChI is InChI=1S/C23H18N2O3/c26-20-7-3-6-18-22(20)21-17-5-2-1-4-14(17)10-13-19(21)24-23(18)15-8-11-16(12-9-15)25(27)28/h1-2,4-5,8-13,23-24H,3,6-7H2. The second-order valence-electron chi connectivity index (χ2n) is 7.31. The molecular weight excluding hydrogens is 352 g/mol. The highest BCUT2D eigenvalue weighted by Gasteiger charge is 2.34. The SMILES string of the molecule is O=C1CCCC2=C1c1c(ccc3ccccc13)NC2c1ccc([N+](=O)[O-])cc1. The van der Waals surface area contributed by atoms with Crippen molar-refractivity contribution in [3.8, 4) is 0 Å². The number of hydrogen-bond acceptors (Lipinski definition) is 4. The quantitative estimate of drug-likeness (QED) is 0.483. The Morgan fingerprint density at radius 2 is 1.75 bits per heavy atom. The second-order valence-corrected chi connectivity index (χ2v) is 7.31. The Hall–Kier alpha value is -3.47. The van der Waals surface area contributed by atoms with Gasteiger partial charge in [-0.2, -0.15) is 0 Å². The molecule has 0 aromatic heterocycles. The van der Waals surface area contributed by atoms with Crippen LogP contribution in [-0.4, -0.2) is 10.7 Å². The molecule has 0 saturated carbocycles. The van der Waals surface area contributed by atoms with Crippen molar-refractivity contribution >= 4 is 33.5 Å². The number of carbonyl (C=O) groups excluding carboxylic acids is 1. The highest BCUT2D eigenvalue weighted by Crippen LogP contribution is 2.47. The third kappa shape index (κ3) is 2.51. The Bertz CT molecular complexity index is 1160. The number of rotatable bonds is 2. The summed E-state index contributed by atoms with van der Waals surface area (Å²) in [5.74, 6) is 0.187. The zero-order valence-electron chi connectivity index (χ0n) is 15.1. The molecule has 3 aromatic rings. The summed E-state index contributed by atoms with van der Waals surface area (Å²) >= 11 is 0. The molecule has 0 fully saturated rings. The van der Waals surface area contributed by atoms with E-state index in [4.69, 9.17) is 0 Å². The molecule has 1 aliphatic heterocycles. The molecule has 1 aliphatic carbocycles. The van der Waals surface area contributed by atoms with Gasteiger partial charge in [0.2, 0.25) is 0 Å². The van der Waals surface area contributed by atoms with Crippen LogP contribution in [0.25, 0.3) is 16.3 Å². The van der Waals surface area contributed by atoms with E-state index in [0.717, 1.165) is 51.6 Å². The van der Waals surface area contributed by atoms with Crippen LogP contribution in [0.2, 0.25) is 0 Å². The lowest BCUT2D eigenvalue weighted by Gasteiger charge is -2.35. The number of carbonyl (C=O) groups is 1. The van der Waals surface area contributed by atoms with Crippen LogP contribution in [0.1, 0.15) is 36.4 Å². The molecule has 5 nitrogen and oxygen atoms in total. The first-order valence-corrected chi connectivity index (χ1v) is 9.43. The first kappa shape index (κ1) is 16.7. The summed E-state index contributed by atoms with van der Waals surface area (Å²) in [6.07, 6.45) is 2.25. The van der Waals surface area contributed by atoms with Crippen LogP contribution in [0, 0.1) is 10.1 Å². The predicted molar refractivity (Wildman–Crippen MR) is 109 cm³/mol. The summed E-state index contributed by atoms with van der Waals surface area (Å²) in [7, 11) is 0. The highest BCUT2D eigenvalue weighted by atomic mass is 16.6. The van der Waals surface area contributed by atoms with Gasteiger partial charge in [-0.3, -0.25) is 14.9 Å². The molecule has 0 radical (unpaired) electrons. The Balaban J connectivity index is 1.72. The maximum absolute atomic E-state index is 13.0. The lowest BCUT2D eigenvalue weighted by Crippen LogP contribution is -2.25. The van der Waals surface area contributed by atoms with E-state index >= 15 is 0 Å². The van der Waals surface area contributed by atoms with Gasteiger partial charge in [0.15, 0.2) is 5.78 Å². The number of anilines is 1. The van der Waals surface area contributed by atoms with Crippen LogP contribution >= 0.6 is 0 Å². The number of benzene rings is 3. The normalized spacial score (nSPS) is 18.4. The zero-order chi connectivity index (χ0) is 19.3. The van der Waals surface area contributed by atoms with Crippen molar-refractivity contribution in [1.82, 2.24) is 0 Å². The van der Waals surface area contributed by atoms with Gasteiger partial charge in [-0.15, -0.1) is 0 Å². The molecule has 1 heterocycles. The monoisotopic (exact) mass is 370 g/mol. The molecule has 1 unspecified atom stereocenters. The Labute approximate surface area is 161 Å². The van der Waals surface area contributed by atoms with Crippen molar-refractivity contribution in [2.45, 2.75) is 25.3 Å². The van der Waals surface area contributed by atoms with E-state index in [1.165, 1.54) is 12.1 Å². The fourth-order valence-electron chi connectivity index (χ4n) is 4.43. The third-order valence-electron chi connectivity index (χ3n) is 5.71. The van der Waals surface area contributed by atoms with Gasteiger partial charge >= 0.3 is 0 Å². The van der Waals surface area contributed by atoms with Gasteiger partial charge in [-0.1, -0.05) is 30.3 Å². The number of hydrogen-bond donors (Lipinski definition) is 1. The molecule has 1 N–H and O–H groups in total. The number of nitro benzene ring substituents is 1. The number of nitro groups is 1. The molecule has 0 bridgehead atoms. The zero-order valence-corrected chi connectivity index (χ0v) is 15.1. The van der Waals surface area contributed by atoms with E-state index < -0.39 is 4.92 Å². The van der Waals surface area contributed by atoms with Crippen molar-refractivity contribution in [2.75, 3.05) is 5.32 Å². The first-order valence-electron chi connectivity index (χ1n) is 9.43. The van der Waals surface area contributed by atoms with Gasteiger partial charge in [0.05, 0.1) is 11.0 Å². The van der Waals surface area contributed by atoms with Gasteiger partial charge in [-0.25, -0.2) is 0 Å². The topological polar surface area (TPSA) is 72.2 Å². The Morgan fingerprint density at radius 3 is 2.54 bits per heavy atom. The summed E-state index contributed by atoms with van der Waals surface area (Å²) in [5.41, 5.74) is 4.87. The summed E-state index contributed by atoms with van der Waals surface area (Å²) in [4.78, 5) is 23.6. The third-order valence-corrected chi connectivity index (χ3v) is 5.71. The molecular formula is C23H18N2O3. The first-order chi connectivity index (χ1) is 13.6. The minimum atomic E-state index is -0.394. The number of nitrogens with one attached hydrogen (secondary N) is 1. The fraction of sp³-hybridized carbons (Fsp3) is 0.174. The highest BCUT2D eigenvalue weighted by molar-refractivity contribution is 6.27. The molecule has 3 aromatic carbocycles. The Kier molecular flexibility index (Phi) is 3.76. The van der Waals surface area contributed by atoms with E-state index in [2.05, 4.69) is 23.5 Å². The lowest BCUT2D eigenvalue weighted by molar-refractivity contribution is -0.384. The van der Waals surface area contributed by atoms with Crippen molar-refractivity contribution in [3.63, 3.8) is 0 Å². The van der Waals surface area contributed by atoms with Crippen LogP contribution in [-0.2, 0) is 4.79 Å². The lowest BCUT2D eigenvalue weighted by atomic mass is 9.77. The average molecular weight is 370 g/mol. The van der Waals surface area contributed by atoms with Crippen LogP contribution < -0.4 is 5.32 Å². The van der Waals surface area contributed by atoms with Crippen LogP contribution in [0.3, 0.4) is 0 Å². The van der Waals surface area contributed by atoms with Gasteiger partial charge < -0.3 is 5.32 Å². The van der Waals surface area contributed by atoms with Gasteiger partial charge in [0.25, 0.3) is 5.69 Å². The van der Waals surface area contributed by atoms with Gasteiger partial charge in [-0.05, 0) is 52.9 Å². The molecule has 5 rings (SSSR count). The molecule has 138 valence electrons. The van der Waals surface area contributed by atoms with Crippen molar-refractivity contribution in [1.29, 1.82) is 0 Å². The smallest absolute Gasteiger partial charge is 0.269 e. The predicted octanol–water partition coefficient (Wildman–Crippen LogP) is 5.42. The van der Waals surface area contributed by atoms with Crippen molar-refractivity contribution in [3.05, 3.63) is 87.5 Å². The molecule has 0 spiro atoms. The van der Waals surface area contributed by atoms with E-state index in [-0.39, 0.29) is 17.5 Å². The summed E-state index contributed by atoms with van der Waals surface area (Å²) in [6.45, 7) is 0. The average Bonchev–Trinajstić information content (AvgIpc) is 2.73. The molecule has 28 heavy (non-hydrogen) atoms. The molecule has 0 amide bonds. The van der Waals surface area contributed by atoms with Crippen molar-refractivity contribution < 1.29 is 9.72 Å². The van der Waals surface area contributed by atoms with E-state index in [1.54, 1.807) is 12.1 Å². The molecule has 1 atom stereocenters. The van der Waals surface area contributed by atoms with Gasteiger partial charge in [0, 0.05) is 35.4 Å². The van der Waals surface area contributed by atoms with E-state index in [1.807, 2.05) is 18.2 Å². The Morgan fingerprint density at radius 1 is 0.964 bits per heavy atom. The van der Waals surface area contributed by atoms with E-state index in [0.29, 0.717) is 6.42 Å².